The Labute approximate surface area is 164 Å². The molecule has 0 aliphatic carbocycles. The van der Waals surface area contributed by atoms with Crippen LogP contribution in [0.3, 0.4) is 0 Å². The van der Waals surface area contributed by atoms with Crippen LogP contribution in [0.4, 0.5) is 5.69 Å². The number of anilines is 1. The minimum Gasteiger partial charge on any atom is -0.493 e. The highest BCUT2D eigenvalue weighted by molar-refractivity contribution is 9.10. The molecule has 0 spiro atoms. The molecule has 7 heteroatoms. The molecule has 2 aromatic carbocycles. The highest BCUT2D eigenvalue weighted by Gasteiger charge is 2.34. The molecule has 1 aliphatic heterocycles. The van der Waals surface area contributed by atoms with Gasteiger partial charge in [0.1, 0.15) is 12.2 Å². The topological polar surface area (TPSA) is 67.9 Å². The van der Waals surface area contributed by atoms with Crippen molar-refractivity contribution in [3.63, 3.8) is 0 Å². The van der Waals surface area contributed by atoms with Gasteiger partial charge in [-0.3, -0.25) is 15.0 Å². The van der Waals surface area contributed by atoms with Gasteiger partial charge < -0.3 is 9.47 Å². The number of halogens is 1. The first-order valence-electron chi connectivity index (χ1n) is 7.90. The van der Waals surface area contributed by atoms with Crippen LogP contribution in [-0.4, -0.2) is 25.5 Å². The molecule has 2 amide bonds. The fourth-order valence-corrected chi connectivity index (χ4v) is 2.92. The maximum Gasteiger partial charge on any atom is 0.282 e. The van der Waals surface area contributed by atoms with Crippen LogP contribution in [-0.2, 0) is 9.59 Å². The number of carbonyl (C=O) groups is 2. The van der Waals surface area contributed by atoms with Gasteiger partial charge in [0.05, 0.1) is 12.8 Å². The summed E-state index contributed by atoms with van der Waals surface area (Å²) in [6.45, 7) is 0.110. The molecule has 1 aliphatic rings. The monoisotopic (exact) mass is 426 g/mol. The van der Waals surface area contributed by atoms with E-state index in [-0.39, 0.29) is 12.2 Å². The SMILES string of the molecule is C#CCOc1ccc(/C=C2/C(=O)NN(c3cccc(Br)c3)C2=O)cc1OC. The fraction of sp³-hybridized carbons (Fsp3) is 0.100. The van der Waals surface area contributed by atoms with Crippen molar-refractivity contribution in [1.82, 2.24) is 5.43 Å². The standard InChI is InChI=1S/C20H15BrN2O4/c1-3-9-27-17-8-7-13(11-18(17)26-2)10-16-19(24)22-23(20(16)25)15-6-4-5-14(21)12-15/h1,4-8,10-12H,9H2,2H3,(H,22,24)/b16-10-. The number of methoxy groups -OCH3 is 1. The summed E-state index contributed by atoms with van der Waals surface area (Å²) in [5.74, 6) is 2.40. The average Bonchev–Trinajstić information content (AvgIpc) is 2.95. The lowest BCUT2D eigenvalue weighted by molar-refractivity contribution is -0.117. The van der Waals surface area contributed by atoms with Gasteiger partial charge in [0, 0.05) is 4.47 Å². The number of benzene rings is 2. The van der Waals surface area contributed by atoms with E-state index in [1.165, 1.54) is 18.2 Å². The Bertz CT molecular complexity index is 978. The second-order valence-corrected chi connectivity index (χ2v) is 6.44. The van der Waals surface area contributed by atoms with Crippen molar-refractivity contribution >= 4 is 39.5 Å². The molecule has 0 unspecified atom stereocenters. The van der Waals surface area contributed by atoms with E-state index in [4.69, 9.17) is 15.9 Å². The highest BCUT2D eigenvalue weighted by atomic mass is 79.9. The fourth-order valence-electron chi connectivity index (χ4n) is 2.53. The van der Waals surface area contributed by atoms with E-state index in [1.54, 1.807) is 36.4 Å². The van der Waals surface area contributed by atoms with E-state index in [2.05, 4.69) is 27.3 Å². The molecule has 1 saturated heterocycles. The van der Waals surface area contributed by atoms with Crippen LogP contribution in [0.15, 0.2) is 52.5 Å². The molecule has 1 N–H and O–H groups in total. The van der Waals surface area contributed by atoms with Crippen molar-refractivity contribution in [1.29, 1.82) is 0 Å². The molecule has 0 radical (unpaired) electrons. The first kappa shape index (κ1) is 18.5. The maximum absolute atomic E-state index is 12.7. The second-order valence-electron chi connectivity index (χ2n) is 5.52. The molecule has 0 atom stereocenters. The number of rotatable bonds is 5. The van der Waals surface area contributed by atoms with Crippen LogP contribution in [0.2, 0.25) is 0 Å². The Morgan fingerprint density at radius 2 is 2.04 bits per heavy atom. The summed E-state index contributed by atoms with van der Waals surface area (Å²) >= 11 is 3.35. The number of hydrazine groups is 1. The summed E-state index contributed by atoms with van der Waals surface area (Å²) in [7, 11) is 1.50. The third-order valence-corrected chi connectivity index (χ3v) is 4.26. The van der Waals surface area contributed by atoms with Crippen molar-refractivity contribution in [3.8, 4) is 23.8 Å². The lowest BCUT2D eigenvalue weighted by atomic mass is 10.1. The number of hydrogen-bond acceptors (Lipinski definition) is 4. The Balaban J connectivity index is 1.89. The molecule has 1 heterocycles. The average molecular weight is 427 g/mol. The lowest BCUT2D eigenvalue weighted by Crippen LogP contribution is -2.35. The highest BCUT2D eigenvalue weighted by Crippen LogP contribution is 2.30. The molecule has 0 saturated carbocycles. The van der Waals surface area contributed by atoms with Crippen LogP contribution in [0, 0.1) is 12.3 Å². The summed E-state index contributed by atoms with van der Waals surface area (Å²) in [4.78, 5) is 25.0. The van der Waals surface area contributed by atoms with Gasteiger partial charge in [0.2, 0.25) is 0 Å². The maximum atomic E-state index is 12.7. The molecule has 3 rings (SSSR count). The van der Waals surface area contributed by atoms with E-state index >= 15 is 0 Å². The number of carbonyl (C=O) groups excluding carboxylic acids is 2. The van der Waals surface area contributed by atoms with E-state index in [0.29, 0.717) is 22.7 Å². The van der Waals surface area contributed by atoms with E-state index in [9.17, 15) is 9.59 Å². The molecule has 0 bridgehead atoms. The molecule has 1 fully saturated rings. The lowest BCUT2D eigenvalue weighted by Gasteiger charge is -2.14. The van der Waals surface area contributed by atoms with Crippen molar-refractivity contribution < 1.29 is 19.1 Å². The van der Waals surface area contributed by atoms with Crippen LogP contribution < -0.4 is 19.9 Å². The first-order chi connectivity index (χ1) is 13.0. The van der Waals surface area contributed by atoms with Gasteiger partial charge in [-0.15, -0.1) is 6.42 Å². The van der Waals surface area contributed by atoms with E-state index in [1.807, 2.05) is 6.07 Å². The van der Waals surface area contributed by atoms with Gasteiger partial charge in [-0.1, -0.05) is 34.0 Å². The molecule has 27 heavy (non-hydrogen) atoms. The van der Waals surface area contributed by atoms with Crippen molar-refractivity contribution in [2.45, 2.75) is 0 Å². The third-order valence-electron chi connectivity index (χ3n) is 3.77. The summed E-state index contributed by atoms with van der Waals surface area (Å²) in [5.41, 5.74) is 3.76. The third kappa shape index (κ3) is 3.96. The molecule has 2 aromatic rings. The summed E-state index contributed by atoms with van der Waals surface area (Å²) in [6.07, 6.45) is 6.70. The molecular formula is C20H15BrN2O4. The zero-order chi connectivity index (χ0) is 19.4. The number of terminal acetylenes is 1. The quantitative estimate of drug-likeness (QED) is 0.453. The molecule has 6 nitrogen and oxygen atoms in total. The van der Waals surface area contributed by atoms with Gasteiger partial charge in [0.25, 0.3) is 11.8 Å². The molecule has 0 aromatic heterocycles. The van der Waals surface area contributed by atoms with E-state index in [0.717, 1.165) is 4.47 Å². The first-order valence-corrected chi connectivity index (χ1v) is 8.70. The van der Waals surface area contributed by atoms with E-state index < -0.39 is 11.8 Å². The number of hydrogen-bond donors (Lipinski definition) is 1. The zero-order valence-electron chi connectivity index (χ0n) is 14.4. The largest absolute Gasteiger partial charge is 0.493 e. The van der Waals surface area contributed by atoms with Gasteiger partial charge in [-0.05, 0) is 42.0 Å². The zero-order valence-corrected chi connectivity index (χ0v) is 15.9. The number of amides is 2. The smallest absolute Gasteiger partial charge is 0.282 e. The number of nitrogens with one attached hydrogen (secondary N) is 1. The Morgan fingerprint density at radius 1 is 1.22 bits per heavy atom. The van der Waals surface area contributed by atoms with Crippen molar-refractivity contribution in [3.05, 3.63) is 58.1 Å². The summed E-state index contributed by atoms with van der Waals surface area (Å²) < 4.78 is 11.5. The van der Waals surface area contributed by atoms with Gasteiger partial charge in [-0.2, -0.15) is 0 Å². The van der Waals surface area contributed by atoms with Gasteiger partial charge in [-0.25, -0.2) is 5.01 Å². The Morgan fingerprint density at radius 3 is 2.74 bits per heavy atom. The minimum atomic E-state index is -0.480. The second kappa shape index (κ2) is 7.98. The Hall–Kier alpha value is -3.24. The number of nitrogens with zero attached hydrogens (tertiary/aromatic N) is 1. The van der Waals surface area contributed by atoms with Crippen LogP contribution in [0.5, 0.6) is 11.5 Å². The molecular weight excluding hydrogens is 412 g/mol. The summed E-state index contributed by atoms with van der Waals surface area (Å²) in [5, 5.41) is 1.21. The van der Waals surface area contributed by atoms with Crippen molar-refractivity contribution in [2.24, 2.45) is 0 Å². The van der Waals surface area contributed by atoms with Crippen LogP contribution >= 0.6 is 15.9 Å². The summed E-state index contributed by atoms with van der Waals surface area (Å²) in [6, 6.07) is 12.1. The number of ether oxygens (including phenoxy) is 2. The normalized spacial score (nSPS) is 14.9. The predicted octanol–water partition coefficient (Wildman–Crippen LogP) is 2.93. The van der Waals surface area contributed by atoms with Crippen LogP contribution in [0.25, 0.3) is 6.08 Å². The predicted molar refractivity (Wildman–Crippen MR) is 105 cm³/mol. The Kier molecular flexibility index (Phi) is 5.48. The van der Waals surface area contributed by atoms with Gasteiger partial charge >= 0.3 is 0 Å². The van der Waals surface area contributed by atoms with Crippen LogP contribution in [0.1, 0.15) is 5.56 Å². The molecule has 136 valence electrons. The minimum absolute atomic E-state index is 0.0225. The van der Waals surface area contributed by atoms with Gasteiger partial charge in [0.15, 0.2) is 11.5 Å². The van der Waals surface area contributed by atoms with Crippen molar-refractivity contribution in [2.75, 3.05) is 18.7 Å².